The highest BCUT2D eigenvalue weighted by atomic mass is 16.3. The van der Waals surface area contributed by atoms with E-state index in [9.17, 15) is 9.90 Å². The van der Waals surface area contributed by atoms with Gasteiger partial charge in [0.2, 0.25) is 0 Å². The first-order valence-electron chi connectivity index (χ1n) is 9.65. The monoisotopic (exact) mass is 344 g/mol. The van der Waals surface area contributed by atoms with Crippen LogP contribution >= 0.6 is 0 Å². The van der Waals surface area contributed by atoms with Crippen molar-refractivity contribution >= 4 is 11.7 Å². The van der Waals surface area contributed by atoms with E-state index >= 15 is 0 Å². The lowest BCUT2D eigenvalue weighted by atomic mass is 10.1. The number of aromatic nitrogens is 1. The van der Waals surface area contributed by atoms with Gasteiger partial charge in [0.1, 0.15) is 5.82 Å². The minimum absolute atomic E-state index is 0.0760. The topological polar surface area (TPSA) is 59.9 Å². The number of rotatable bonds is 3. The Morgan fingerprint density at radius 2 is 1.76 bits per heavy atom. The molecular weight excluding hydrogens is 316 g/mol. The number of carbonyl (C=O) groups excluding carboxylic acids is 1. The van der Waals surface area contributed by atoms with Crippen LogP contribution < -0.4 is 4.90 Å². The highest BCUT2D eigenvalue weighted by Gasteiger charge is 2.33. The molecule has 0 bridgehead atoms. The second kappa shape index (κ2) is 7.30. The number of nitrogens with zero attached hydrogens (tertiary/aromatic N) is 4. The number of aliphatic hydroxyl groups excluding tert-OH is 1. The Hall–Kier alpha value is -1.66. The smallest absolute Gasteiger partial charge is 0.255 e. The van der Waals surface area contributed by atoms with Gasteiger partial charge in [0.25, 0.3) is 5.91 Å². The Morgan fingerprint density at radius 3 is 2.36 bits per heavy atom. The molecule has 2 aliphatic heterocycles. The summed E-state index contributed by atoms with van der Waals surface area (Å²) < 4.78 is 0. The largest absolute Gasteiger partial charge is 0.391 e. The van der Waals surface area contributed by atoms with Crippen molar-refractivity contribution in [2.45, 2.75) is 44.2 Å². The molecule has 4 rings (SSSR count). The van der Waals surface area contributed by atoms with Gasteiger partial charge >= 0.3 is 0 Å². The van der Waals surface area contributed by atoms with E-state index in [1.54, 1.807) is 6.20 Å². The van der Waals surface area contributed by atoms with Crippen molar-refractivity contribution in [2.24, 2.45) is 0 Å². The number of piperazine rings is 1. The molecule has 1 aromatic rings. The Bertz CT molecular complexity index is 592. The molecular formula is C19H28N4O2. The van der Waals surface area contributed by atoms with Gasteiger partial charge in [-0.05, 0) is 44.2 Å². The molecule has 3 fully saturated rings. The van der Waals surface area contributed by atoms with Crippen LogP contribution in [0.1, 0.15) is 42.5 Å². The fraction of sp³-hybridized carbons (Fsp3) is 0.684. The maximum Gasteiger partial charge on any atom is 0.255 e. The van der Waals surface area contributed by atoms with E-state index in [1.165, 1.54) is 12.8 Å². The van der Waals surface area contributed by atoms with Crippen molar-refractivity contribution in [1.82, 2.24) is 14.8 Å². The van der Waals surface area contributed by atoms with E-state index in [-0.39, 0.29) is 12.0 Å². The molecule has 3 heterocycles. The molecule has 0 radical (unpaired) electrons. The number of aliphatic hydroxyl groups is 1. The van der Waals surface area contributed by atoms with E-state index in [4.69, 9.17) is 0 Å². The third kappa shape index (κ3) is 3.51. The average Bonchev–Trinajstić information content (AvgIpc) is 3.33. The first-order chi connectivity index (χ1) is 12.2. The van der Waals surface area contributed by atoms with Gasteiger partial charge in [0, 0.05) is 51.5 Å². The molecule has 25 heavy (non-hydrogen) atoms. The van der Waals surface area contributed by atoms with Gasteiger partial charge in [-0.1, -0.05) is 0 Å². The Kier molecular flexibility index (Phi) is 4.90. The van der Waals surface area contributed by atoms with Crippen molar-refractivity contribution < 1.29 is 9.90 Å². The van der Waals surface area contributed by atoms with Gasteiger partial charge in [-0.3, -0.25) is 9.69 Å². The summed E-state index contributed by atoms with van der Waals surface area (Å²) in [5, 5.41) is 10.1. The van der Waals surface area contributed by atoms with Gasteiger partial charge in [0.15, 0.2) is 0 Å². The van der Waals surface area contributed by atoms with Crippen LogP contribution in [-0.4, -0.2) is 77.2 Å². The lowest BCUT2D eigenvalue weighted by Crippen LogP contribution is -2.53. The third-order valence-electron chi connectivity index (χ3n) is 5.94. The lowest BCUT2D eigenvalue weighted by molar-refractivity contribution is 0.0315. The van der Waals surface area contributed by atoms with E-state index in [2.05, 4.69) is 14.8 Å². The van der Waals surface area contributed by atoms with Crippen LogP contribution in [0.15, 0.2) is 18.3 Å². The van der Waals surface area contributed by atoms with Gasteiger partial charge < -0.3 is 14.9 Å². The third-order valence-corrected chi connectivity index (χ3v) is 5.94. The molecule has 0 spiro atoms. The molecule has 136 valence electrons. The first kappa shape index (κ1) is 16.8. The number of amides is 1. The van der Waals surface area contributed by atoms with Gasteiger partial charge in [-0.15, -0.1) is 0 Å². The highest BCUT2D eigenvalue weighted by molar-refractivity contribution is 5.94. The van der Waals surface area contributed by atoms with Crippen LogP contribution in [0, 0.1) is 0 Å². The molecule has 1 N–H and O–H groups in total. The predicted octanol–water partition coefficient (Wildman–Crippen LogP) is 1.35. The number of anilines is 1. The molecule has 0 aromatic carbocycles. The number of hydrogen-bond donors (Lipinski definition) is 1. The zero-order chi connectivity index (χ0) is 17.2. The predicted molar refractivity (Wildman–Crippen MR) is 96.8 cm³/mol. The summed E-state index contributed by atoms with van der Waals surface area (Å²) in [7, 11) is 0. The maximum atomic E-state index is 12.7. The minimum Gasteiger partial charge on any atom is -0.391 e. The zero-order valence-electron chi connectivity index (χ0n) is 14.8. The second-order valence-corrected chi connectivity index (χ2v) is 7.49. The lowest BCUT2D eigenvalue weighted by Gasteiger charge is -2.39. The Labute approximate surface area is 149 Å². The van der Waals surface area contributed by atoms with E-state index < -0.39 is 0 Å². The molecule has 2 atom stereocenters. The van der Waals surface area contributed by atoms with Crippen molar-refractivity contribution in [3.63, 3.8) is 0 Å². The van der Waals surface area contributed by atoms with E-state index in [0.29, 0.717) is 11.6 Å². The Balaban J connectivity index is 1.34. The molecule has 3 aliphatic rings. The summed E-state index contributed by atoms with van der Waals surface area (Å²) in [4.78, 5) is 23.8. The number of carbonyl (C=O) groups is 1. The maximum absolute atomic E-state index is 12.7. The zero-order valence-corrected chi connectivity index (χ0v) is 14.8. The van der Waals surface area contributed by atoms with Gasteiger partial charge in [0.05, 0.1) is 11.7 Å². The summed E-state index contributed by atoms with van der Waals surface area (Å²) in [6, 6.07) is 4.18. The normalized spacial score (nSPS) is 27.9. The number of pyridine rings is 1. The van der Waals surface area contributed by atoms with Crippen LogP contribution in [-0.2, 0) is 0 Å². The SMILES string of the molecule is O=C(c1ccc(N2CCCC2)nc1)N1CCN([C@@H]2CCC[C@@H]2O)CC1. The quantitative estimate of drug-likeness (QED) is 0.897. The molecule has 1 aliphatic carbocycles. The van der Waals surface area contributed by atoms with Crippen molar-refractivity contribution in [3.8, 4) is 0 Å². The van der Waals surface area contributed by atoms with Crippen molar-refractivity contribution in [2.75, 3.05) is 44.2 Å². The average molecular weight is 344 g/mol. The second-order valence-electron chi connectivity index (χ2n) is 7.49. The molecule has 6 heteroatoms. The highest BCUT2D eigenvalue weighted by Crippen LogP contribution is 2.25. The van der Waals surface area contributed by atoms with Crippen LogP contribution in [0.2, 0.25) is 0 Å². The van der Waals surface area contributed by atoms with E-state index in [0.717, 1.165) is 64.3 Å². The van der Waals surface area contributed by atoms with Gasteiger partial charge in [-0.25, -0.2) is 4.98 Å². The molecule has 1 saturated carbocycles. The van der Waals surface area contributed by atoms with E-state index in [1.807, 2.05) is 17.0 Å². The van der Waals surface area contributed by atoms with Crippen LogP contribution in [0.4, 0.5) is 5.82 Å². The molecule has 1 aromatic heterocycles. The van der Waals surface area contributed by atoms with Crippen LogP contribution in [0.25, 0.3) is 0 Å². The standard InChI is InChI=1S/C19H28N4O2/c24-17-5-3-4-16(17)21-10-12-23(13-11-21)19(25)15-6-7-18(20-14-15)22-8-1-2-9-22/h6-7,14,16-17,24H,1-5,8-13H2/t16-,17+/m1/s1. The number of hydrogen-bond acceptors (Lipinski definition) is 5. The summed E-state index contributed by atoms with van der Waals surface area (Å²) in [5.41, 5.74) is 0.678. The summed E-state index contributed by atoms with van der Waals surface area (Å²) in [6.07, 6.45) is 7.09. The van der Waals surface area contributed by atoms with Crippen molar-refractivity contribution in [1.29, 1.82) is 0 Å². The summed E-state index contributed by atoms with van der Waals surface area (Å²) in [5.74, 6) is 1.06. The summed E-state index contributed by atoms with van der Waals surface area (Å²) >= 11 is 0. The molecule has 1 amide bonds. The first-order valence-corrected chi connectivity index (χ1v) is 9.65. The van der Waals surface area contributed by atoms with Crippen LogP contribution in [0.3, 0.4) is 0 Å². The van der Waals surface area contributed by atoms with Crippen molar-refractivity contribution in [3.05, 3.63) is 23.9 Å². The molecule has 6 nitrogen and oxygen atoms in total. The van der Waals surface area contributed by atoms with Crippen LogP contribution in [0.5, 0.6) is 0 Å². The Morgan fingerprint density at radius 1 is 1.00 bits per heavy atom. The van der Waals surface area contributed by atoms with Gasteiger partial charge in [-0.2, -0.15) is 0 Å². The molecule has 2 saturated heterocycles. The minimum atomic E-state index is -0.190. The fourth-order valence-electron chi connectivity index (χ4n) is 4.43. The fourth-order valence-corrected chi connectivity index (χ4v) is 4.43. The summed E-state index contributed by atoms with van der Waals surface area (Å²) in [6.45, 7) is 5.30. The molecule has 0 unspecified atom stereocenters.